The van der Waals surface area contributed by atoms with Gasteiger partial charge in [-0.25, -0.2) is 8.42 Å². The highest BCUT2D eigenvalue weighted by atomic mass is 32.2. The zero-order valence-corrected chi connectivity index (χ0v) is 18.1. The Balaban J connectivity index is 1.66. The lowest BCUT2D eigenvalue weighted by Gasteiger charge is -2.31. The van der Waals surface area contributed by atoms with E-state index in [-0.39, 0.29) is 16.8 Å². The van der Waals surface area contributed by atoms with E-state index in [4.69, 9.17) is 14.2 Å². The molecule has 162 valence electrons. The van der Waals surface area contributed by atoms with Gasteiger partial charge in [-0.1, -0.05) is 18.2 Å². The van der Waals surface area contributed by atoms with Gasteiger partial charge in [0.2, 0.25) is 15.8 Å². The van der Waals surface area contributed by atoms with E-state index in [1.807, 2.05) is 0 Å². The molecule has 0 saturated carbocycles. The predicted molar refractivity (Wildman–Crippen MR) is 112 cm³/mol. The van der Waals surface area contributed by atoms with Crippen molar-refractivity contribution in [1.82, 2.24) is 9.62 Å². The van der Waals surface area contributed by atoms with Gasteiger partial charge in [-0.05, 0) is 37.1 Å². The van der Waals surface area contributed by atoms with Crippen LogP contribution in [0.2, 0.25) is 0 Å². The molecular weight excluding hydrogens is 408 g/mol. The summed E-state index contributed by atoms with van der Waals surface area (Å²) >= 11 is 0. The van der Waals surface area contributed by atoms with Crippen molar-refractivity contribution in [1.29, 1.82) is 0 Å². The molecule has 0 aliphatic carbocycles. The third kappa shape index (κ3) is 4.52. The second-order valence-corrected chi connectivity index (χ2v) is 8.82. The number of sulfonamides is 1. The van der Waals surface area contributed by atoms with Crippen LogP contribution in [0.5, 0.6) is 17.2 Å². The summed E-state index contributed by atoms with van der Waals surface area (Å²) in [6, 6.07) is 11.4. The highest BCUT2D eigenvalue weighted by molar-refractivity contribution is 7.89. The minimum atomic E-state index is -3.52. The van der Waals surface area contributed by atoms with Crippen LogP contribution in [0.4, 0.5) is 0 Å². The largest absolute Gasteiger partial charge is 0.493 e. The first kappa shape index (κ1) is 21.9. The Labute approximate surface area is 176 Å². The van der Waals surface area contributed by atoms with Crippen molar-refractivity contribution in [2.75, 3.05) is 34.4 Å². The van der Waals surface area contributed by atoms with Crippen LogP contribution in [0, 0.1) is 0 Å². The Bertz CT molecular complexity index is 961. The van der Waals surface area contributed by atoms with E-state index in [1.54, 1.807) is 42.5 Å². The van der Waals surface area contributed by atoms with Crippen LogP contribution in [0.25, 0.3) is 0 Å². The van der Waals surface area contributed by atoms with Gasteiger partial charge in [0.05, 0.1) is 26.2 Å². The minimum absolute atomic E-state index is 0.126. The molecule has 1 amide bonds. The molecule has 2 aromatic carbocycles. The number of benzene rings is 2. The summed E-state index contributed by atoms with van der Waals surface area (Å²) in [5.74, 6) is 0.922. The second-order valence-electron chi connectivity index (χ2n) is 6.88. The monoisotopic (exact) mass is 434 g/mol. The van der Waals surface area contributed by atoms with Crippen LogP contribution >= 0.6 is 0 Å². The number of piperidine rings is 1. The van der Waals surface area contributed by atoms with Crippen molar-refractivity contribution >= 4 is 15.9 Å². The molecule has 0 radical (unpaired) electrons. The quantitative estimate of drug-likeness (QED) is 0.719. The van der Waals surface area contributed by atoms with Gasteiger partial charge in [-0.15, -0.1) is 0 Å². The smallest absolute Gasteiger partial charge is 0.251 e. The number of amides is 1. The number of carbonyl (C=O) groups excluding carboxylic acids is 1. The number of hydrogen-bond acceptors (Lipinski definition) is 6. The number of nitrogens with one attached hydrogen (secondary N) is 1. The van der Waals surface area contributed by atoms with Gasteiger partial charge in [-0.3, -0.25) is 4.79 Å². The number of carbonyl (C=O) groups is 1. The molecule has 0 atom stereocenters. The second kappa shape index (κ2) is 9.36. The minimum Gasteiger partial charge on any atom is -0.493 e. The maximum absolute atomic E-state index is 12.8. The maximum atomic E-state index is 12.8. The molecule has 0 spiro atoms. The SMILES string of the molecule is COc1cc(C(=O)NC2CCN(S(=O)(=O)c3ccccc3)CC2)cc(OC)c1OC. The van der Waals surface area contributed by atoms with Crippen LogP contribution in [0.15, 0.2) is 47.4 Å². The summed E-state index contributed by atoms with van der Waals surface area (Å²) in [6.07, 6.45) is 1.06. The molecule has 0 aromatic heterocycles. The summed E-state index contributed by atoms with van der Waals surface area (Å²) < 4.78 is 42.8. The Hall–Kier alpha value is -2.78. The van der Waals surface area contributed by atoms with E-state index >= 15 is 0 Å². The van der Waals surface area contributed by atoms with Gasteiger partial charge in [0.15, 0.2) is 11.5 Å². The Morgan fingerprint density at radius 1 is 0.967 bits per heavy atom. The molecule has 30 heavy (non-hydrogen) atoms. The molecule has 1 aliphatic heterocycles. The molecule has 0 bridgehead atoms. The molecule has 1 saturated heterocycles. The van der Waals surface area contributed by atoms with Gasteiger partial charge in [-0.2, -0.15) is 4.31 Å². The Morgan fingerprint density at radius 2 is 1.53 bits per heavy atom. The summed E-state index contributed by atoms with van der Waals surface area (Å²) in [5.41, 5.74) is 0.379. The lowest BCUT2D eigenvalue weighted by Crippen LogP contribution is -2.46. The van der Waals surface area contributed by atoms with E-state index in [9.17, 15) is 13.2 Å². The van der Waals surface area contributed by atoms with E-state index in [2.05, 4.69) is 5.32 Å². The number of ether oxygens (including phenoxy) is 3. The third-order valence-corrected chi connectivity index (χ3v) is 7.01. The van der Waals surface area contributed by atoms with Crippen LogP contribution in [0.3, 0.4) is 0 Å². The van der Waals surface area contributed by atoms with Crippen molar-refractivity contribution in [2.24, 2.45) is 0 Å². The predicted octanol–water partition coefficient (Wildman–Crippen LogP) is 2.30. The van der Waals surface area contributed by atoms with Gasteiger partial charge >= 0.3 is 0 Å². The van der Waals surface area contributed by atoms with Gasteiger partial charge in [0.1, 0.15) is 0 Å². The van der Waals surface area contributed by atoms with Crippen LogP contribution in [-0.2, 0) is 10.0 Å². The fraction of sp³-hybridized carbons (Fsp3) is 0.381. The first-order valence-corrected chi connectivity index (χ1v) is 11.0. The molecule has 1 aliphatic rings. The van der Waals surface area contributed by atoms with Crippen molar-refractivity contribution in [3.8, 4) is 17.2 Å². The molecule has 1 heterocycles. The van der Waals surface area contributed by atoms with E-state index in [1.165, 1.54) is 25.6 Å². The average Bonchev–Trinajstić information content (AvgIpc) is 2.78. The highest BCUT2D eigenvalue weighted by Crippen LogP contribution is 2.38. The van der Waals surface area contributed by atoms with Crippen molar-refractivity contribution in [3.63, 3.8) is 0 Å². The molecule has 8 nitrogen and oxygen atoms in total. The molecule has 2 aromatic rings. The number of hydrogen-bond donors (Lipinski definition) is 1. The number of methoxy groups -OCH3 is 3. The number of rotatable bonds is 7. The standard InChI is InChI=1S/C21H26N2O6S/c1-27-18-13-15(14-19(28-2)20(18)29-3)21(24)22-16-9-11-23(12-10-16)30(25,26)17-7-5-4-6-8-17/h4-8,13-14,16H,9-12H2,1-3H3,(H,22,24). The third-order valence-electron chi connectivity index (χ3n) is 5.10. The van der Waals surface area contributed by atoms with Gasteiger partial charge in [0, 0.05) is 24.7 Å². The van der Waals surface area contributed by atoms with E-state index in [0.717, 1.165) is 0 Å². The first-order valence-electron chi connectivity index (χ1n) is 9.56. The molecule has 3 rings (SSSR count). The Kier molecular flexibility index (Phi) is 6.84. The zero-order valence-electron chi connectivity index (χ0n) is 17.3. The van der Waals surface area contributed by atoms with Gasteiger partial charge < -0.3 is 19.5 Å². The average molecular weight is 435 g/mol. The van der Waals surface area contributed by atoms with Crippen LogP contribution in [-0.4, -0.2) is 59.1 Å². The lowest BCUT2D eigenvalue weighted by molar-refractivity contribution is 0.0923. The molecule has 1 fully saturated rings. The highest BCUT2D eigenvalue weighted by Gasteiger charge is 2.30. The van der Waals surface area contributed by atoms with Crippen molar-refractivity contribution < 1.29 is 27.4 Å². The summed E-state index contributed by atoms with van der Waals surface area (Å²) in [5, 5.41) is 2.97. The normalized spacial score (nSPS) is 15.4. The summed E-state index contributed by atoms with van der Waals surface area (Å²) in [4.78, 5) is 13.0. The van der Waals surface area contributed by atoms with E-state index in [0.29, 0.717) is 48.7 Å². The summed E-state index contributed by atoms with van der Waals surface area (Å²) in [6.45, 7) is 0.689. The number of nitrogens with zero attached hydrogens (tertiary/aromatic N) is 1. The lowest BCUT2D eigenvalue weighted by atomic mass is 10.1. The molecule has 1 N–H and O–H groups in total. The fourth-order valence-electron chi connectivity index (χ4n) is 3.46. The molecular formula is C21H26N2O6S. The topological polar surface area (TPSA) is 94.2 Å². The van der Waals surface area contributed by atoms with Crippen LogP contribution in [0.1, 0.15) is 23.2 Å². The van der Waals surface area contributed by atoms with Crippen molar-refractivity contribution in [2.45, 2.75) is 23.8 Å². The molecule has 0 unspecified atom stereocenters. The van der Waals surface area contributed by atoms with Gasteiger partial charge in [0.25, 0.3) is 5.91 Å². The van der Waals surface area contributed by atoms with Crippen LogP contribution < -0.4 is 19.5 Å². The first-order chi connectivity index (χ1) is 14.4. The Morgan fingerprint density at radius 3 is 2.03 bits per heavy atom. The molecule has 9 heteroatoms. The van der Waals surface area contributed by atoms with Crippen molar-refractivity contribution in [3.05, 3.63) is 48.0 Å². The fourth-order valence-corrected chi connectivity index (χ4v) is 4.95. The van der Waals surface area contributed by atoms with E-state index < -0.39 is 10.0 Å². The zero-order chi connectivity index (χ0) is 21.7. The summed E-state index contributed by atoms with van der Waals surface area (Å²) in [7, 11) is 0.955. The maximum Gasteiger partial charge on any atom is 0.251 e.